The van der Waals surface area contributed by atoms with E-state index in [1.165, 1.54) is 114 Å². The van der Waals surface area contributed by atoms with Gasteiger partial charge in [-0.25, -0.2) is 0 Å². The third-order valence-corrected chi connectivity index (χ3v) is 7.31. The minimum absolute atomic E-state index is 0.190. The normalized spacial score (nSPS) is 13.1. The summed E-state index contributed by atoms with van der Waals surface area (Å²) >= 11 is 0. The SMILES string of the molecule is CCCCCCCCCCC(OC(CCCCCCCCCC)c1ccccc1)c1ccccc1. The maximum atomic E-state index is 6.94. The second-order valence-electron chi connectivity index (χ2n) is 10.5. The third kappa shape index (κ3) is 13.9. The molecule has 0 aliphatic carbocycles. The highest BCUT2D eigenvalue weighted by atomic mass is 16.5. The zero-order chi connectivity index (χ0) is 24.8. The second-order valence-corrected chi connectivity index (χ2v) is 10.5. The van der Waals surface area contributed by atoms with Gasteiger partial charge in [-0.3, -0.25) is 0 Å². The molecular formula is C34H54O. The van der Waals surface area contributed by atoms with Crippen molar-refractivity contribution in [2.45, 2.75) is 142 Å². The van der Waals surface area contributed by atoms with Gasteiger partial charge in [0.1, 0.15) is 0 Å². The van der Waals surface area contributed by atoms with Gasteiger partial charge in [-0.2, -0.15) is 0 Å². The average Bonchev–Trinajstić information content (AvgIpc) is 2.91. The molecule has 0 aliphatic heterocycles. The van der Waals surface area contributed by atoms with Gasteiger partial charge < -0.3 is 4.74 Å². The quantitative estimate of drug-likeness (QED) is 0.153. The Labute approximate surface area is 218 Å². The Morgan fingerprint density at radius 3 is 1.09 bits per heavy atom. The molecule has 0 aromatic heterocycles. The van der Waals surface area contributed by atoms with E-state index in [9.17, 15) is 0 Å². The molecule has 0 aliphatic rings. The van der Waals surface area contributed by atoms with Crippen LogP contribution in [0.25, 0.3) is 0 Å². The van der Waals surface area contributed by atoms with Crippen LogP contribution >= 0.6 is 0 Å². The van der Waals surface area contributed by atoms with Crippen LogP contribution in [-0.4, -0.2) is 0 Å². The predicted octanol–water partition coefficient (Wildman–Crippen LogP) is 11.5. The maximum absolute atomic E-state index is 6.94. The lowest BCUT2D eigenvalue weighted by atomic mass is 9.98. The Balaban J connectivity index is 1.87. The first kappa shape index (κ1) is 29.6. The van der Waals surface area contributed by atoms with Crippen LogP contribution in [0.1, 0.15) is 153 Å². The molecule has 0 spiro atoms. The Bertz CT molecular complexity index is 634. The van der Waals surface area contributed by atoms with Crippen LogP contribution in [0.5, 0.6) is 0 Å². The molecule has 2 atom stereocenters. The lowest BCUT2D eigenvalue weighted by Crippen LogP contribution is -2.11. The second kappa shape index (κ2) is 20.6. The van der Waals surface area contributed by atoms with Crippen LogP contribution in [-0.2, 0) is 4.74 Å². The molecule has 0 heterocycles. The summed E-state index contributed by atoms with van der Waals surface area (Å²) < 4.78 is 6.94. The molecule has 0 amide bonds. The van der Waals surface area contributed by atoms with E-state index in [2.05, 4.69) is 74.5 Å². The van der Waals surface area contributed by atoms with Gasteiger partial charge in [-0.15, -0.1) is 0 Å². The Morgan fingerprint density at radius 2 is 0.743 bits per heavy atom. The van der Waals surface area contributed by atoms with Crippen molar-refractivity contribution in [2.24, 2.45) is 0 Å². The topological polar surface area (TPSA) is 9.23 Å². The van der Waals surface area contributed by atoms with Gasteiger partial charge in [0.05, 0.1) is 12.2 Å². The fourth-order valence-electron chi connectivity index (χ4n) is 5.09. The van der Waals surface area contributed by atoms with Gasteiger partial charge in [0, 0.05) is 0 Å². The molecule has 196 valence electrons. The van der Waals surface area contributed by atoms with Crippen LogP contribution in [0.2, 0.25) is 0 Å². The smallest absolute Gasteiger partial charge is 0.0833 e. The van der Waals surface area contributed by atoms with Gasteiger partial charge in [-0.05, 0) is 24.0 Å². The molecule has 1 nitrogen and oxygen atoms in total. The first-order valence-corrected chi connectivity index (χ1v) is 15.1. The molecular weight excluding hydrogens is 424 g/mol. The maximum Gasteiger partial charge on any atom is 0.0833 e. The standard InChI is InChI=1S/C34H54O/c1-3-5-7-9-11-13-15-23-29-33(31-25-19-17-20-26-31)35-34(32-27-21-18-22-28-32)30-24-16-14-12-10-8-6-4-2/h17-22,25-28,33-34H,3-16,23-24,29-30H2,1-2H3. The Kier molecular flexibility index (Phi) is 17.4. The van der Waals surface area contributed by atoms with E-state index in [-0.39, 0.29) is 12.2 Å². The van der Waals surface area contributed by atoms with Crippen molar-refractivity contribution in [3.63, 3.8) is 0 Å². The molecule has 0 N–H and O–H groups in total. The van der Waals surface area contributed by atoms with Crippen molar-refractivity contribution in [1.29, 1.82) is 0 Å². The van der Waals surface area contributed by atoms with E-state index in [0.717, 1.165) is 12.8 Å². The molecule has 2 unspecified atom stereocenters. The lowest BCUT2D eigenvalue weighted by molar-refractivity contribution is -0.0264. The Morgan fingerprint density at radius 1 is 0.429 bits per heavy atom. The van der Waals surface area contributed by atoms with Gasteiger partial charge in [0.15, 0.2) is 0 Å². The Hall–Kier alpha value is -1.60. The summed E-state index contributed by atoms with van der Waals surface area (Å²) in [6.45, 7) is 4.59. The van der Waals surface area contributed by atoms with E-state index < -0.39 is 0 Å². The van der Waals surface area contributed by atoms with Crippen molar-refractivity contribution >= 4 is 0 Å². The number of hydrogen-bond acceptors (Lipinski definition) is 1. The van der Waals surface area contributed by atoms with Crippen molar-refractivity contribution < 1.29 is 4.74 Å². The number of unbranched alkanes of at least 4 members (excludes halogenated alkanes) is 14. The number of rotatable bonds is 22. The van der Waals surface area contributed by atoms with Crippen LogP contribution in [0.4, 0.5) is 0 Å². The highest BCUT2D eigenvalue weighted by Gasteiger charge is 2.19. The van der Waals surface area contributed by atoms with Crippen LogP contribution in [0.15, 0.2) is 60.7 Å². The summed E-state index contributed by atoms with van der Waals surface area (Å²) in [5, 5.41) is 0. The summed E-state index contributed by atoms with van der Waals surface area (Å²) in [4.78, 5) is 0. The van der Waals surface area contributed by atoms with E-state index in [1.54, 1.807) is 0 Å². The highest BCUT2D eigenvalue weighted by molar-refractivity contribution is 5.20. The molecule has 2 rings (SSSR count). The van der Waals surface area contributed by atoms with Crippen molar-refractivity contribution in [2.75, 3.05) is 0 Å². The number of ether oxygens (including phenoxy) is 1. The van der Waals surface area contributed by atoms with Crippen molar-refractivity contribution in [3.05, 3.63) is 71.8 Å². The van der Waals surface area contributed by atoms with E-state index in [4.69, 9.17) is 4.74 Å². The average molecular weight is 479 g/mol. The zero-order valence-electron chi connectivity index (χ0n) is 23.1. The lowest BCUT2D eigenvalue weighted by Gasteiger charge is -2.26. The fourth-order valence-corrected chi connectivity index (χ4v) is 5.09. The van der Waals surface area contributed by atoms with Crippen LogP contribution < -0.4 is 0 Å². The first-order chi connectivity index (χ1) is 17.3. The summed E-state index contributed by atoms with van der Waals surface area (Å²) in [7, 11) is 0. The molecule has 2 aromatic rings. The first-order valence-electron chi connectivity index (χ1n) is 15.1. The molecule has 0 saturated heterocycles. The molecule has 35 heavy (non-hydrogen) atoms. The summed E-state index contributed by atoms with van der Waals surface area (Å²) in [6.07, 6.45) is 24.4. The van der Waals surface area contributed by atoms with Crippen LogP contribution in [0.3, 0.4) is 0 Å². The molecule has 0 bridgehead atoms. The number of hydrogen-bond donors (Lipinski definition) is 0. The van der Waals surface area contributed by atoms with Gasteiger partial charge in [0.2, 0.25) is 0 Å². The van der Waals surface area contributed by atoms with E-state index in [0.29, 0.717) is 0 Å². The van der Waals surface area contributed by atoms with Crippen molar-refractivity contribution in [3.8, 4) is 0 Å². The fraction of sp³-hybridized carbons (Fsp3) is 0.647. The molecule has 0 fully saturated rings. The predicted molar refractivity (Wildman–Crippen MR) is 154 cm³/mol. The highest BCUT2D eigenvalue weighted by Crippen LogP contribution is 2.34. The van der Waals surface area contributed by atoms with E-state index >= 15 is 0 Å². The molecule has 1 heteroatoms. The third-order valence-electron chi connectivity index (χ3n) is 7.31. The monoisotopic (exact) mass is 478 g/mol. The zero-order valence-corrected chi connectivity index (χ0v) is 23.1. The van der Waals surface area contributed by atoms with Gasteiger partial charge in [-0.1, -0.05) is 177 Å². The molecule has 2 aromatic carbocycles. The number of benzene rings is 2. The summed E-state index contributed by atoms with van der Waals surface area (Å²) in [5.41, 5.74) is 2.68. The minimum Gasteiger partial charge on any atom is -0.366 e. The largest absolute Gasteiger partial charge is 0.366 e. The van der Waals surface area contributed by atoms with Crippen molar-refractivity contribution in [1.82, 2.24) is 0 Å². The minimum atomic E-state index is 0.190. The molecule has 0 radical (unpaired) electrons. The summed E-state index contributed by atoms with van der Waals surface area (Å²) in [6, 6.07) is 21.9. The van der Waals surface area contributed by atoms with Gasteiger partial charge >= 0.3 is 0 Å². The van der Waals surface area contributed by atoms with Gasteiger partial charge in [0.25, 0.3) is 0 Å². The van der Waals surface area contributed by atoms with Crippen LogP contribution in [0, 0.1) is 0 Å². The van der Waals surface area contributed by atoms with E-state index in [1.807, 2.05) is 0 Å². The molecule has 0 saturated carbocycles. The summed E-state index contributed by atoms with van der Waals surface area (Å²) in [5.74, 6) is 0.